The summed E-state index contributed by atoms with van der Waals surface area (Å²) < 4.78 is 0. The minimum atomic E-state index is -0.448. The van der Waals surface area contributed by atoms with Gasteiger partial charge in [-0.2, -0.15) is 5.26 Å². The van der Waals surface area contributed by atoms with E-state index < -0.39 is 5.91 Å². The van der Waals surface area contributed by atoms with Crippen molar-refractivity contribution in [2.75, 3.05) is 5.75 Å². The molecule has 1 aromatic heterocycles. The molecule has 0 saturated carbocycles. The van der Waals surface area contributed by atoms with Crippen LogP contribution in [0.25, 0.3) is 16.8 Å². The van der Waals surface area contributed by atoms with Crippen LogP contribution in [0, 0.1) is 11.3 Å². The Labute approximate surface area is 164 Å². The van der Waals surface area contributed by atoms with Crippen molar-refractivity contribution in [2.24, 2.45) is 5.73 Å². The van der Waals surface area contributed by atoms with E-state index in [2.05, 4.69) is 11.1 Å². The molecule has 5 heteroatoms. The lowest BCUT2D eigenvalue weighted by Gasteiger charge is -2.12. The molecule has 0 unspecified atom stereocenters. The summed E-state index contributed by atoms with van der Waals surface area (Å²) in [6, 6.07) is 13.9. The third-order valence-corrected chi connectivity index (χ3v) is 4.72. The SMILES string of the molecule is C\C=C/C=C\C(=C/C)c1cc(-c2ccccc2)nc(SCC(N)=O)c1C#N. The predicted molar refractivity (Wildman–Crippen MR) is 112 cm³/mol. The second-order valence-corrected chi connectivity index (χ2v) is 6.56. The summed E-state index contributed by atoms with van der Waals surface area (Å²) >= 11 is 1.19. The van der Waals surface area contributed by atoms with Crippen molar-refractivity contribution in [3.8, 4) is 17.3 Å². The third-order valence-electron chi connectivity index (χ3n) is 3.72. The van der Waals surface area contributed by atoms with E-state index in [1.807, 2.05) is 80.6 Å². The van der Waals surface area contributed by atoms with Gasteiger partial charge in [0, 0.05) is 11.1 Å². The number of nitrogens with zero attached hydrogens (tertiary/aromatic N) is 2. The summed E-state index contributed by atoms with van der Waals surface area (Å²) in [4.78, 5) is 15.9. The fourth-order valence-corrected chi connectivity index (χ4v) is 3.21. The van der Waals surface area contributed by atoms with Crippen LogP contribution >= 0.6 is 11.8 Å². The van der Waals surface area contributed by atoms with Gasteiger partial charge in [0.25, 0.3) is 0 Å². The molecule has 0 fully saturated rings. The minimum absolute atomic E-state index is 0.0684. The van der Waals surface area contributed by atoms with E-state index in [0.29, 0.717) is 10.6 Å². The highest BCUT2D eigenvalue weighted by Gasteiger charge is 2.16. The fraction of sp³-hybridized carbons (Fsp3) is 0.136. The molecule has 2 rings (SSSR count). The molecule has 1 heterocycles. The summed E-state index contributed by atoms with van der Waals surface area (Å²) in [5, 5.41) is 10.3. The number of pyridine rings is 1. The first-order valence-corrected chi connectivity index (χ1v) is 9.47. The number of allylic oxidation sites excluding steroid dienone is 6. The molecule has 2 aromatic rings. The van der Waals surface area contributed by atoms with Crippen molar-refractivity contribution in [2.45, 2.75) is 18.9 Å². The Balaban J connectivity index is 2.66. The number of primary amides is 1. The Hall–Kier alpha value is -3.10. The maximum atomic E-state index is 11.2. The lowest BCUT2D eigenvalue weighted by atomic mass is 9.98. The van der Waals surface area contributed by atoms with Crippen molar-refractivity contribution < 1.29 is 4.79 Å². The van der Waals surface area contributed by atoms with E-state index in [0.717, 1.165) is 22.4 Å². The van der Waals surface area contributed by atoms with Crippen LogP contribution < -0.4 is 5.73 Å². The fourth-order valence-electron chi connectivity index (χ4n) is 2.47. The second-order valence-electron chi connectivity index (χ2n) is 5.60. The number of rotatable bonds is 7. The smallest absolute Gasteiger partial charge is 0.227 e. The van der Waals surface area contributed by atoms with Crippen LogP contribution in [0.15, 0.2) is 71.8 Å². The number of carbonyl (C=O) groups excluding carboxylic acids is 1. The van der Waals surface area contributed by atoms with Gasteiger partial charge in [-0.1, -0.05) is 72.5 Å². The number of carbonyl (C=O) groups is 1. The van der Waals surface area contributed by atoms with Crippen molar-refractivity contribution in [3.05, 3.63) is 77.9 Å². The van der Waals surface area contributed by atoms with Crippen molar-refractivity contribution in [1.29, 1.82) is 5.26 Å². The van der Waals surface area contributed by atoms with Gasteiger partial charge < -0.3 is 5.73 Å². The van der Waals surface area contributed by atoms with Gasteiger partial charge in [0.2, 0.25) is 5.91 Å². The summed E-state index contributed by atoms with van der Waals surface area (Å²) in [7, 11) is 0. The van der Waals surface area contributed by atoms with E-state index in [1.165, 1.54) is 11.8 Å². The Morgan fingerprint density at radius 1 is 1.26 bits per heavy atom. The number of aromatic nitrogens is 1. The number of nitrogens with two attached hydrogens (primary N) is 1. The molecule has 136 valence electrons. The number of hydrogen-bond acceptors (Lipinski definition) is 4. The van der Waals surface area contributed by atoms with Gasteiger partial charge >= 0.3 is 0 Å². The lowest BCUT2D eigenvalue weighted by molar-refractivity contribution is -0.115. The monoisotopic (exact) mass is 375 g/mol. The van der Waals surface area contributed by atoms with Gasteiger partial charge in [0.1, 0.15) is 11.1 Å². The predicted octanol–water partition coefficient (Wildman–Crippen LogP) is 4.73. The lowest BCUT2D eigenvalue weighted by Crippen LogP contribution is -2.13. The zero-order valence-electron chi connectivity index (χ0n) is 15.3. The van der Waals surface area contributed by atoms with Crippen molar-refractivity contribution in [1.82, 2.24) is 4.98 Å². The van der Waals surface area contributed by atoms with E-state index >= 15 is 0 Å². The molecular formula is C22H21N3OS. The number of thioether (sulfide) groups is 1. The van der Waals surface area contributed by atoms with Crippen LogP contribution in [0.5, 0.6) is 0 Å². The average molecular weight is 375 g/mol. The molecule has 0 aliphatic rings. The van der Waals surface area contributed by atoms with E-state index in [1.54, 1.807) is 0 Å². The second kappa shape index (κ2) is 10.1. The molecular weight excluding hydrogens is 354 g/mol. The first-order valence-electron chi connectivity index (χ1n) is 8.48. The highest BCUT2D eigenvalue weighted by Crippen LogP contribution is 2.32. The van der Waals surface area contributed by atoms with E-state index in [4.69, 9.17) is 5.73 Å². The van der Waals surface area contributed by atoms with Crippen LogP contribution in [-0.2, 0) is 4.79 Å². The number of amides is 1. The Kier molecular flexibility index (Phi) is 7.60. The van der Waals surface area contributed by atoms with Gasteiger partial charge in [-0.3, -0.25) is 4.79 Å². The maximum absolute atomic E-state index is 11.2. The number of nitriles is 1. The molecule has 1 amide bonds. The average Bonchev–Trinajstić information content (AvgIpc) is 2.69. The zero-order valence-corrected chi connectivity index (χ0v) is 16.2. The Morgan fingerprint density at radius 3 is 2.59 bits per heavy atom. The molecule has 0 bridgehead atoms. The molecule has 0 aliphatic heterocycles. The van der Waals surface area contributed by atoms with Gasteiger partial charge in [-0.25, -0.2) is 4.98 Å². The largest absolute Gasteiger partial charge is 0.369 e. The normalized spacial score (nSPS) is 11.8. The van der Waals surface area contributed by atoms with Crippen LogP contribution in [0.3, 0.4) is 0 Å². The minimum Gasteiger partial charge on any atom is -0.369 e. The molecule has 2 N–H and O–H groups in total. The van der Waals surface area contributed by atoms with E-state index in [-0.39, 0.29) is 5.75 Å². The molecule has 4 nitrogen and oxygen atoms in total. The molecule has 0 spiro atoms. The van der Waals surface area contributed by atoms with Crippen LogP contribution in [0.4, 0.5) is 0 Å². The van der Waals surface area contributed by atoms with Crippen LogP contribution in [0.1, 0.15) is 25.0 Å². The highest BCUT2D eigenvalue weighted by atomic mass is 32.2. The topological polar surface area (TPSA) is 79.8 Å². The standard InChI is InChI=1S/C22H21N3OS/c1-3-5-7-10-16(4-2)18-13-20(17-11-8-6-9-12-17)25-22(19(18)14-23)27-15-21(24)26/h3-13H,15H2,1-2H3,(H2,24,26)/b5-3-,10-7-,16-4+. The third kappa shape index (κ3) is 5.44. The molecule has 0 atom stereocenters. The van der Waals surface area contributed by atoms with Crippen LogP contribution in [0.2, 0.25) is 0 Å². The van der Waals surface area contributed by atoms with Crippen molar-refractivity contribution in [3.63, 3.8) is 0 Å². The van der Waals surface area contributed by atoms with Gasteiger partial charge in [-0.05, 0) is 25.5 Å². The number of hydrogen-bond donors (Lipinski definition) is 1. The Morgan fingerprint density at radius 2 is 2.00 bits per heavy atom. The van der Waals surface area contributed by atoms with Crippen molar-refractivity contribution >= 4 is 23.2 Å². The van der Waals surface area contributed by atoms with Gasteiger partial charge in [0.05, 0.1) is 17.0 Å². The van der Waals surface area contributed by atoms with E-state index in [9.17, 15) is 10.1 Å². The number of benzene rings is 1. The first kappa shape index (κ1) is 20.2. The Bertz CT molecular complexity index is 938. The zero-order chi connectivity index (χ0) is 19.6. The first-order chi connectivity index (χ1) is 13.1. The summed E-state index contributed by atoms with van der Waals surface area (Å²) in [6.45, 7) is 3.87. The van der Waals surface area contributed by atoms with Gasteiger partial charge in [0.15, 0.2) is 0 Å². The molecule has 0 saturated heterocycles. The van der Waals surface area contributed by atoms with Crippen LogP contribution in [-0.4, -0.2) is 16.6 Å². The maximum Gasteiger partial charge on any atom is 0.227 e. The quantitative estimate of drug-likeness (QED) is 0.560. The highest BCUT2D eigenvalue weighted by molar-refractivity contribution is 8.00. The summed E-state index contributed by atoms with van der Waals surface area (Å²) in [5.74, 6) is -0.379. The molecule has 1 aromatic carbocycles. The summed E-state index contributed by atoms with van der Waals surface area (Å²) in [5.41, 5.74) is 9.10. The van der Waals surface area contributed by atoms with Gasteiger partial charge in [-0.15, -0.1) is 0 Å². The molecule has 27 heavy (non-hydrogen) atoms. The summed E-state index contributed by atoms with van der Waals surface area (Å²) in [6.07, 6.45) is 9.69. The molecule has 0 aliphatic carbocycles. The molecule has 0 radical (unpaired) electrons.